The number of halogens is 1. The van der Waals surface area contributed by atoms with Gasteiger partial charge in [-0.05, 0) is 47.0 Å². The maximum atomic E-state index is 3.60. The minimum atomic E-state index is 1.02. The molecule has 0 saturated heterocycles. The standard InChI is InChI=1S/C18H15BrS/c1-13-5-2-3-6-15(13)12-20-16-9-10-17-14(11-16)7-4-8-18(17)19/h2-11H,12H2,1H3. The Labute approximate surface area is 132 Å². The molecular weight excluding hydrogens is 328 g/mol. The van der Waals surface area contributed by atoms with Crippen LogP contribution in [0.1, 0.15) is 11.1 Å². The molecule has 0 aliphatic heterocycles. The van der Waals surface area contributed by atoms with E-state index in [2.05, 4.69) is 83.5 Å². The molecule has 20 heavy (non-hydrogen) atoms. The third-order valence-electron chi connectivity index (χ3n) is 3.45. The largest absolute Gasteiger partial charge is 0.121 e. The molecule has 3 aromatic carbocycles. The third-order valence-corrected chi connectivity index (χ3v) is 5.19. The highest BCUT2D eigenvalue weighted by Gasteiger charge is 2.02. The number of thioether (sulfide) groups is 1. The Kier molecular flexibility index (Phi) is 4.13. The van der Waals surface area contributed by atoms with Gasteiger partial charge in [0.25, 0.3) is 0 Å². The van der Waals surface area contributed by atoms with E-state index in [9.17, 15) is 0 Å². The van der Waals surface area contributed by atoms with Crippen molar-refractivity contribution in [3.05, 3.63) is 76.3 Å². The van der Waals surface area contributed by atoms with Crippen molar-refractivity contribution in [3.63, 3.8) is 0 Å². The zero-order chi connectivity index (χ0) is 13.9. The highest BCUT2D eigenvalue weighted by atomic mass is 79.9. The van der Waals surface area contributed by atoms with Crippen molar-refractivity contribution in [2.45, 2.75) is 17.6 Å². The van der Waals surface area contributed by atoms with Crippen molar-refractivity contribution in [3.8, 4) is 0 Å². The van der Waals surface area contributed by atoms with Crippen LogP contribution < -0.4 is 0 Å². The Hall–Kier alpha value is -1.25. The molecule has 0 heterocycles. The first-order valence-corrected chi connectivity index (χ1v) is 8.37. The summed E-state index contributed by atoms with van der Waals surface area (Å²) in [5, 5.41) is 2.56. The van der Waals surface area contributed by atoms with E-state index in [4.69, 9.17) is 0 Å². The van der Waals surface area contributed by atoms with Crippen LogP contribution in [0.5, 0.6) is 0 Å². The summed E-state index contributed by atoms with van der Waals surface area (Å²) < 4.78 is 1.16. The molecule has 0 aromatic heterocycles. The van der Waals surface area contributed by atoms with Gasteiger partial charge in [-0.25, -0.2) is 0 Å². The molecule has 0 amide bonds. The second-order valence-electron chi connectivity index (χ2n) is 4.84. The summed E-state index contributed by atoms with van der Waals surface area (Å²) in [5.74, 6) is 1.02. The fraction of sp³-hybridized carbons (Fsp3) is 0.111. The average molecular weight is 343 g/mol. The van der Waals surface area contributed by atoms with Crippen LogP contribution in [0.15, 0.2) is 70.0 Å². The number of hydrogen-bond donors (Lipinski definition) is 0. The minimum absolute atomic E-state index is 1.02. The van der Waals surface area contributed by atoms with E-state index in [1.54, 1.807) is 0 Å². The lowest BCUT2D eigenvalue weighted by Gasteiger charge is -2.07. The van der Waals surface area contributed by atoms with Gasteiger partial charge < -0.3 is 0 Å². The second-order valence-corrected chi connectivity index (χ2v) is 6.74. The molecule has 0 spiro atoms. The molecule has 0 aliphatic rings. The van der Waals surface area contributed by atoms with Crippen LogP contribution in [0.4, 0.5) is 0 Å². The molecule has 2 heteroatoms. The van der Waals surface area contributed by atoms with Gasteiger partial charge in [0.15, 0.2) is 0 Å². The first-order valence-electron chi connectivity index (χ1n) is 6.59. The van der Waals surface area contributed by atoms with Crippen LogP contribution in [0.3, 0.4) is 0 Å². The summed E-state index contributed by atoms with van der Waals surface area (Å²) in [6, 6.07) is 21.6. The maximum Gasteiger partial charge on any atom is 0.0253 e. The number of rotatable bonds is 3. The fourth-order valence-electron chi connectivity index (χ4n) is 2.25. The Morgan fingerprint density at radius 1 is 0.950 bits per heavy atom. The van der Waals surface area contributed by atoms with Crippen molar-refractivity contribution < 1.29 is 0 Å². The molecule has 0 nitrogen and oxygen atoms in total. The summed E-state index contributed by atoms with van der Waals surface area (Å²) >= 11 is 5.49. The van der Waals surface area contributed by atoms with Gasteiger partial charge in [-0.2, -0.15) is 0 Å². The molecule has 3 rings (SSSR count). The van der Waals surface area contributed by atoms with Crippen LogP contribution in [0.2, 0.25) is 0 Å². The number of hydrogen-bond acceptors (Lipinski definition) is 1. The van der Waals surface area contributed by atoms with Gasteiger partial charge in [-0.15, -0.1) is 11.8 Å². The molecule has 100 valence electrons. The lowest BCUT2D eigenvalue weighted by molar-refractivity contribution is 1.30. The van der Waals surface area contributed by atoms with E-state index < -0.39 is 0 Å². The molecule has 0 atom stereocenters. The topological polar surface area (TPSA) is 0 Å². The van der Waals surface area contributed by atoms with E-state index in [0.29, 0.717) is 0 Å². The van der Waals surface area contributed by atoms with E-state index in [0.717, 1.165) is 10.2 Å². The summed E-state index contributed by atoms with van der Waals surface area (Å²) in [6.45, 7) is 2.17. The highest BCUT2D eigenvalue weighted by molar-refractivity contribution is 9.10. The van der Waals surface area contributed by atoms with Gasteiger partial charge in [0.05, 0.1) is 0 Å². The van der Waals surface area contributed by atoms with E-state index in [1.807, 2.05) is 11.8 Å². The fourth-order valence-corrected chi connectivity index (χ4v) is 3.78. The van der Waals surface area contributed by atoms with Crippen LogP contribution >= 0.6 is 27.7 Å². The number of fused-ring (bicyclic) bond motifs is 1. The maximum absolute atomic E-state index is 3.60. The first kappa shape index (κ1) is 13.7. The summed E-state index contributed by atoms with van der Waals surface area (Å²) in [4.78, 5) is 1.32. The Morgan fingerprint density at radius 2 is 1.80 bits per heavy atom. The zero-order valence-electron chi connectivity index (χ0n) is 11.3. The van der Waals surface area contributed by atoms with Crippen LogP contribution in [-0.4, -0.2) is 0 Å². The van der Waals surface area contributed by atoms with Crippen LogP contribution in [0, 0.1) is 6.92 Å². The molecular formula is C18H15BrS. The zero-order valence-corrected chi connectivity index (χ0v) is 13.7. The van der Waals surface area contributed by atoms with Crippen molar-refractivity contribution in [2.75, 3.05) is 0 Å². The van der Waals surface area contributed by atoms with Crippen LogP contribution in [0.25, 0.3) is 10.8 Å². The number of aryl methyl sites for hydroxylation is 1. The van der Waals surface area contributed by atoms with E-state index >= 15 is 0 Å². The lowest BCUT2D eigenvalue weighted by atomic mass is 10.1. The molecule has 0 N–H and O–H groups in total. The Morgan fingerprint density at radius 3 is 2.65 bits per heavy atom. The Bertz CT molecular complexity index is 749. The third kappa shape index (κ3) is 2.92. The van der Waals surface area contributed by atoms with Gasteiger partial charge >= 0.3 is 0 Å². The molecule has 0 aliphatic carbocycles. The molecule has 0 bridgehead atoms. The predicted octanol–water partition coefficient (Wildman–Crippen LogP) is 6.20. The van der Waals surface area contributed by atoms with Crippen molar-refractivity contribution >= 4 is 38.5 Å². The van der Waals surface area contributed by atoms with Gasteiger partial charge in [-0.3, -0.25) is 0 Å². The molecule has 0 radical (unpaired) electrons. The van der Waals surface area contributed by atoms with Crippen LogP contribution in [-0.2, 0) is 5.75 Å². The van der Waals surface area contributed by atoms with Gasteiger partial charge in [0, 0.05) is 15.1 Å². The smallest absolute Gasteiger partial charge is 0.0253 e. The first-order chi connectivity index (χ1) is 9.74. The molecule has 3 aromatic rings. The van der Waals surface area contributed by atoms with Gasteiger partial charge in [0.1, 0.15) is 0 Å². The summed E-state index contributed by atoms with van der Waals surface area (Å²) in [5.41, 5.74) is 2.77. The minimum Gasteiger partial charge on any atom is -0.121 e. The van der Waals surface area contributed by atoms with E-state index in [1.165, 1.54) is 26.8 Å². The van der Waals surface area contributed by atoms with Crippen molar-refractivity contribution in [2.24, 2.45) is 0 Å². The lowest BCUT2D eigenvalue weighted by Crippen LogP contribution is -1.85. The predicted molar refractivity (Wildman–Crippen MR) is 92.4 cm³/mol. The van der Waals surface area contributed by atoms with Crippen molar-refractivity contribution in [1.82, 2.24) is 0 Å². The van der Waals surface area contributed by atoms with Gasteiger partial charge in [0.2, 0.25) is 0 Å². The normalized spacial score (nSPS) is 10.9. The number of benzene rings is 3. The SMILES string of the molecule is Cc1ccccc1CSc1ccc2c(Br)cccc2c1. The molecule has 0 fully saturated rings. The quantitative estimate of drug-likeness (QED) is 0.510. The monoisotopic (exact) mass is 342 g/mol. The van der Waals surface area contributed by atoms with E-state index in [-0.39, 0.29) is 0 Å². The highest BCUT2D eigenvalue weighted by Crippen LogP contribution is 2.30. The van der Waals surface area contributed by atoms with Gasteiger partial charge in [-0.1, -0.05) is 58.4 Å². The Balaban J connectivity index is 1.83. The molecule has 0 unspecified atom stereocenters. The summed E-state index contributed by atoms with van der Waals surface area (Å²) in [6.07, 6.45) is 0. The molecule has 0 saturated carbocycles. The van der Waals surface area contributed by atoms with Crippen molar-refractivity contribution in [1.29, 1.82) is 0 Å². The second kappa shape index (κ2) is 6.02. The average Bonchev–Trinajstić information content (AvgIpc) is 2.46. The summed E-state index contributed by atoms with van der Waals surface area (Å²) in [7, 11) is 0.